The second-order valence-electron chi connectivity index (χ2n) is 6.28. The van der Waals surface area contributed by atoms with Crippen LogP contribution >= 0.6 is 11.3 Å². The van der Waals surface area contributed by atoms with Crippen molar-refractivity contribution in [3.05, 3.63) is 39.7 Å². The van der Waals surface area contributed by atoms with Crippen LogP contribution in [0.5, 0.6) is 0 Å². The van der Waals surface area contributed by atoms with Gasteiger partial charge in [0, 0.05) is 24.4 Å². The molecule has 0 saturated carbocycles. The maximum absolute atomic E-state index is 12.3. The van der Waals surface area contributed by atoms with E-state index in [2.05, 4.69) is 22.1 Å². The summed E-state index contributed by atoms with van der Waals surface area (Å²) in [6.45, 7) is 7.29. The summed E-state index contributed by atoms with van der Waals surface area (Å²) in [7, 11) is 0. The van der Waals surface area contributed by atoms with Crippen molar-refractivity contribution in [3.8, 4) is 0 Å². The van der Waals surface area contributed by atoms with Gasteiger partial charge in [-0.25, -0.2) is 4.98 Å². The Kier molecular flexibility index (Phi) is 6.23. The summed E-state index contributed by atoms with van der Waals surface area (Å²) in [4.78, 5) is 19.1. The summed E-state index contributed by atoms with van der Waals surface area (Å²) in [6, 6.07) is 4.03. The van der Waals surface area contributed by atoms with Crippen LogP contribution < -0.4 is 5.32 Å². The number of carbonyl (C=O) groups excluding carboxylic acids is 1. The van der Waals surface area contributed by atoms with Crippen molar-refractivity contribution in [2.45, 2.75) is 45.8 Å². The Labute approximate surface area is 152 Å². The maximum Gasteiger partial charge on any atom is 0.221 e. The van der Waals surface area contributed by atoms with Crippen LogP contribution in [0.15, 0.2) is 21.9 Å². The van der Waals surface area contributed by atoms with E-state index in [4.69, 9.17) is 9.15 Å². The van der Waals surface area contributed by atoms with Crippen molar-refractivity contribution in [2.75, 3.05) is 19.8 Å². The average molecular weight is 363 g/mol. The molecule has 3 heterocycles. The highest BCUT2D eigenvalue weighted by molar-refractivity contribution is 7.09. The molecule has 0 bridgehead atoms. The molecule has 3 rings (SSSR count). The normalized spacial score (nSPS) is 18.4. The van der Waals surface area contributed by atoms with Gasteiger partial charge in [0.25, 0.3) is 0 Å². The first kappa shape index (κ1) is 18.1. The fourth-order valence-electron chi connectivity index (χ4n) is 2.92. The van der Waals surface area contributed by atoms with Crippen LogP contribution in [0, 0.1) is 6.92 Å². The zero-order valence-electron chi connectivity index (χ0n) is 14.8. The van der Waals surface area contributed by atoms with Gasteiger partial charge in [0.05, 0.1) is 37.0 Å². The number of aryl methyl sites for hydroxylation is 2. The Hall–Kier alpha value is -1.70. The Morgan fingerprint density at radius 1 is 1.48 bits per heavy atom. The summed E-state index contributed by atoms with van der Waals surface area (Å²) in [5, 5.41) is 6.08. The highest BCUT2D eigenvalue weighted by atomic mass is 32.1. The second-order valence-corrected chi connectivity index (χ2v) is 7.22. The molecule has 0 aromatic carbocycles. The van der Waals surface area contributed by atoms with E-state index in [1.807, 2.05) is 24.4 Å². The van der Waals surface area contributed by atoms with E-state index in [0.29, 0.717) is 32.7 Å². The van der Waals surface area contributed by atoms with Crippen molar-refractivity contribution in [2.24, 2.45) is 0 Å². The molecule has 6 nitrogen and oxygen atoms in total. The number of ether oxygens (including phenoxy) is 1. The van der Waals surface area contributed by atoms with Gasteiger partial charge in [0.15, 0.2) is 0 Å². The van der Waals surface area contributed by atoms with E-state index in [1.165, 1.54) is 0 Å². The van der Waals surface area contributed by atoms with Gasteiger partial charge >= 0.3 is 0 Å². The summed E-state index contributed by atoms with van der Waals surface area (Å²) in [5.41, 5.74) is 0.929. The van der Waals surface area contributed by atoms with Crippen LogP contribution in [0.1, 0.15) is 35.6 Å². The molecule has 1 unspecified atom stereocenters. The third-order valence-electron chi connectivity index (χ3n) is 4.29. The molecule has 1 atom stereocenters. The number of carbonyl (C=O) groups is 1. The van der Waals surface area contributed by atoms with Gasteiger partial charge in [-0.15, -0.1) is 11.3 Å². The summed E-state index contributed by atoms with van der Waals surface area (Å²) in [5.74, 6) is 1.87. The second kappa shape index (κ2) is 8.60. The number of rotatable bonds is 7. The number of nitrogens with zero attached hydrogens (tertiary/aromatic N) is 2. The van der Waals surface area contributed by atoms with Crippen molar-refractivity contribution in [1.29, 1.82) is 0 Å². The number of morpholine rings is 1. The first-order valence-corrected chi connectivity index (χ1v) is 9.59. The van der Waals surface area contributed by atoms with Crippen LogP contribution in [-0.2, 0) is 29.0 Å². The molecule has 1 fully saturated rings. The standard InChI is InChI=1S/C18H25N3O3S/c1-3-18-20-14(12-25-18)9-19-17(22)8-15-11-23-7-6-21(15)10-16-5-4-13(2)24-16/h4-5,12,15H,3,6-11H2,1-2H3,(H,19,22). The fraction of sp³-hybridized carbons (Fsp3) is 0.556. The van der Waals surface area contributed by atoms with Crippen molar-refractivity contribution >= 4 is 17.2 Å². The van der Waals surface area contributed by atoms with Crippen LogP contribution in [0.25, 0.3) is 0 Å². The number of amides is 1. The Bertz CT molecular complexity index is 697. The van der Waals surface area contributed by atoms with Crippen molar-refractivity contribution < 1.29 is 13.9 Å². The molecule has 0 aliphatic carbocycles. The van der Waals surface area contributed by atoms with E-state index in [1.54, 1.807) is 11.3 Å². The van der Waals surface area contributed by atoms with Gasteiger partial charge in [-0.05, 0) is 25.5 Å². The van der Waals surface area contributed by atoms with E-state index in [0.717, 1.165) is 35.2 Å². The monoisotopic (exact) mass is 363 g/mol. The third kappa shape index (κ3) is 5.14. The van der Waals surface area contributed by atoms with Gasteiger partial charge in [0.1, 0.15) is 11.5 Å². The van der Waals surface area contributed by atoms with E-state index < -0.39 is 0 Å². The molecule has 25 heavy (non-hydrogen) atoms. The van der Waals surface area contributed by atoms with Crippen molar-refractivity contribution in [1.82, 2.24) is 15.2 Å². The molecular weight excluding hydrogens is 338 g/mol. The molecule has 0 radical (unpaired) electrons. The summed E-state index contributed by atoms with van der Waals surface area (Å²) < 4.78 is 11.2. The fourth-order valence-corrected chi connectivity index (χ4v) is 3.67. The zero-order valence-corrected chi connectivity index (χ0v) is 15.6. The molecule has 2 aromatic rings. The lowest BCUT2D eigenvalue weighted by Crippen LogP contribution is -2.47. The van der Waals surface area contributed by atoms with Gasteiger partial charge < -0.3 is 14.5 Å². The minimum Gasteiger partial charge on any atom is -0.465 e. The number of nitrogens with one attached hydrogen (secondary N) is 1. The first-order chi connectivity index (χ1) is 12.1. The topological polar surface area (TPSA) is 67.6 Å². The maximum atomic E-state index is 12.3. The number of thiazole rings is 1. The molecular formula is C18H25N3O3S. The van der Waals surface area contributed by atoms with Crippen LogP contribution in [-0.4, -0.2) is 41.6 Å². The average Bonchev–Trinajstić information content (AvgIpc) is 3.23. The molecule has 0 spiro atoms. The van der Waals surface area contributed by atoms with Crippen LogP contribution in [0.2, 0.25) is 0 Å². The van der Waals surface area contributed by atoms with E-state index in [9.17, 15) is 4.79 Å². The van der Waals surface area contributed by atoms with Crippen LogP contribution in [0.3, 0.4) is 0 Å². The van der Waals surface area contributed by atoms with Gasteiger partial charge in [-0.1, -0.05) is 6.92 Å². The van der Waals surface area contributed by atoms with E-state index >= 15 is 0 Å². The summed E-state index contributed by atoms with van der Waals surface area (Å²) >= 11 is 1.64. The Morgan fingerprint density at radius 3 is 3.08 bits per heavy atom. The number of furan rings is 1. The predicted molar refractivity (Wildman–Crippen MR) is 96.4 cm³/mol. The highest BCUT2D eigenvalue weighted by Crippen LogP contribution is 2.17. The first-order valence-electron chi connectivity index (χ1n) is 8.71. The molecule has 1 aliphatic rings. The lowest BCUT2D eigenvalue weighted by atomic mass is 10.1. The van der Waals surface area contributed by atoms with Crippen molar-refractivity contribution in [3.63, 3.8) is 0 Å². The molecule has 1 aliphatic heterocycles. The molecule has 7 heteroatoms. The molecule has 136 valence electrons. The molecule has 2 aromatic heterocycles. The lowest BCUT2D eigenvalue weighted by Gasteiger charge is -2.34. The summed E-state index contributed by atoms with van der Waals surface area (Å²) in [6.07, 6.45) is 1.35. The number of hydrogen-bond acceptors (Lipinski definition) is 6. The van der Waals surface area contributed by atoms with Gasteiger partial charge in [-0.2, -0.15) is 0 Å². The van der Waals surface area contributed by atoms with Crippen LogP contribution in [0.4, 0.5) is 0 Å². The Morgan fingerprint density at radius 2 is 2.36 bits per heavy atom. The molecule has 1 amide bonds. The SMILES string of the molecule is CCc1nc(CNC(=O)CC2COCCN2Cc2ccc(C)o2)cs1. The minimum absolute atomic E-state index is 0.0298. The smallest absolute Gasteiger partial charge is 0.221 e. The highest BCUT2D eigenvalue weighted by Gasteiger charge is 2.26. The lowest BCUT2D eigenvalue weighted by molar-refractivity contribution is -0.124. The molecule has 1 saturated heterocycles. The molecule has 1 N–H and O–H groups in total. The zero-order chi connectivity index (χ0) is 17.6. The van der Waals surface area contributed by atoms with Gasteiger partial charge in [-0.3, -0.25) is 9.69 Å². The van der Waals surface area contributed by atoms with Gasteiger partial charge in [0.2, 0.25) is 5.91 Å². The minimum atomic E-state index is 0.0298. The predicted octanol–water partition coefficient (Wildman–Crippen LogP) is 2.51. The number of aromatic nitrogens is 1. The number of hydrogen-bond donors (Lipinski definition) is 1. The third-order valence-corrected chi connectivity index (χ3v) is 5.34. The van der Waals surface area contributed by atoms with E-state index in [-0.39, 0.29) is 11.9 Å². The quantitative estimate of drug-likeness (QED) is 0.819. The Balaban J connectivity index is 1.50. The largest absolute Gasteiger partial charge is 0.465 e.